The monoisotopic (exact) mass is 332 g/mol. The number of H-pyrrole nitrogens is 1. The van der Waals surface area contributed by atoms with E-state index in [2.05, 4.69) is 81.3 Å². The van der Waals surface area contributed by atoms with Crippen molar-refractivity contribution in [1.82, 2.24) is 10.3 Å². The van der Waals surface area contributed by atoms with Crippen LogP contribution >= 0.6 is 0 Å². The van der Waals surface area contributed by atoms with Crippen molar-refractivity contribution in [2.75, 3.05) is 6.54 Å². The Morgan fingerprint density at radius 3 is 2.40 bits per heavy atom. The molecule has 25 heavy (non-hydrogen) atoms. The van der Waals surface area contributed by atoms with Crippen LogP contribution in [-0.4, -0.2) is 11.5 Å². The van der Waals surface area contributed by atoms with Crippen molar-refractivity contribution in [3.8, 4) is 0 Å². The van der Waals surface area contributed by atoms with Gasteiger partial charge < -0.3 is 10.3 Å². The topological polar surface area (TPSA) is 27.8 Å². The van der Waals surface area contributed by atoms with Crippen molar-refractivity contribution >= 4 is 10.9 Å². The predicted molar refractivity (Wildman–Crippen MR) is 106 cm³/mol. The molecule has 0 saturated heterocycles. The van der Waals surface area contributed by atoms with Gasteiger partial charge >= 0.3 is 0 Å². The van der Waals surface area contributed by atoms with E-state index in [1.165, 1.54) is 44.4 Å². The molecule has 2 nitrogen and oxygen atoms in total. The Labute approximate surface area is 150 Å². The summed E-state index contributed by atoms with van der Waals surface area (Å²) in [5, 5.41) is 5.12. The van der Waals surface area contributed by atoms with Crippen LogP contribution in [0.2, 0.25) is 0 Å². The molecule has 2 heteroatoms. The molecule has 2 heterocycles. The fourth-order valence-electron chi connectivity index (χ4n) is 4.15. The van der Waals surface area contributed by atoms with Gasteiger partial charge in [-0.25, -0.2) is 0 Å². The molecule has 0 spiro atoms. The van der Waals surface area contributed by atoms with Gasteiger partial charge in [0.15, 0.2) is 0 Å². The summed E-state index contributed by atoms with van der Waals surface area (Å²) in [7, 11) is 0. The third kappa shape index (κ3) is 2.79. The summed E-state index contributed by atoms with van der Waals surface area (Å²) in [5.41, 5.74) is 9.74. The van der Waals surface area contributed by atoms with E-state index in [1.54, 1.807) is 0 Å². The highest BCUT2D eigenvalue weighted by Gasteiger charge is 2.26. The van der Waals surface area contributed by atoms with E-state index in [0.717, 1.165) is 13.0 Å². The molecule has 0 aliphatic carbocycles. The Bertz CT molecular complexity index is 923. The minimum atomic E-state index is 0.194. The molecule has 1 atom stereocenters. The number of hydrogen-bond acceptors (Lipinski definition) is 1. The molecule has 0 radical (unpaired) electrons. The lowest BCUT2D eigenvalue weighted by Gasteiger charge is -2.26. The van der Waals surface area contributed by atoms with Crippen LogP contribution in [-0.2, 0) is 11.8 Å². The van der Waals surface area contributed by atoms with Crippen LogP contribution in [0.25, 0.3) is 10.9 Å². The van der Waals surface area contributed by atoms with Crippen molar-refractivity contribution in [3.63, 3.8) is 0 Å². The zero-order valence-corrected chi connectivity index (χ0v) is 16.0. The van der Waals surface area contributed by atoms with Crippen LogP contribution in [0.5, 0.6) is 0 Å². The van der Waals surface area contributed by atoms with Gasteiger partial charge in [-0.15, -0.1) is 0 Å². The zero-order chi connectivity index (χ0) is 17.8. The van der Waals surface area contributed by atoms with Crippen LogP contribution in [0.3, 0.4) is 0 Å². The lowest BCUT2D eigenvalue weighted by Crippen LogP contribution is -2.30. The molecule has 4 rings (SSSR count). The van der Waals surface area contributed by atoms with Gasteiger partial charge in [0.2, 0.25) is 0 Å². The molecule has 0 fully saturated rings. The van der Waals surface area contributed by atoms with E-state index in [4.69, 9.17) is 0 Å². The van der Waals surface area contributed by atoms with E-state index in [-0.39, 0.29) is 11.5 Å². The molecule has 1 unspecified atom stereocenters. The van der Waals surface area contributed by atoms with Crippen molar-refractivity contribution in [1.29, 1.82) is 0 Å². The van der Waals surface area contributed by atoms with Crippen LogP contribution in [0, 0.1) is 13.8 Å². The smallest absolute Gasteiger partial charge is 0.0732 e. The Kier molecular flexibility index (Phi) is 3.77. The number of fused-ring (bicyclic) bond motifs is 3. The fourth-order valence-corrected chi connectivity index (χ4v) is 4.15. The maximum atomic E-state index is 3.74. The van der Waals surface area contributed by atoms with Gasteiger partial charge in [-0.3, -0.25) is 0 Å². The Morgan fingerprint density at radius 2 is 1.72 bits per heavy atom. The second kappa shape index (κ2) is 5.74. The van der Waals surface area contributed by atoms with Crippen molar-refractivity contribution in [3.05, 3.63) is 69.9 Å². The fraction of sp³-hybridized carbons (Fsp3) is 0.391. The zero-order valence-electron chi connectivity index (χ0n) is 16.0. The number of benzene rings is 2. The van der Waals surface area contributed by atoms with Crippen LogP contribution in [0.1, 0.15) is 60.3 Å². The van der Waals surface area contributed by atoms with E-state index in [0.29, 0.717) is 0 Å². The van der Waals surface area contributed by atoms with Gasteiger partial charge in [-0.05, 0) is 54.0 Å². The molecule has 2 N–H and O–H groups in total. The lowest BCUT2D eigenvalue weighted by atomic mass is 9.85. The highest BCUT2D eigenvalue weighted by molar-refractivity contribution is 5.88. The normalized spacial score (nSPS) is 17.7. The van der Waals surface area contributed by atoms with Crippen molar-refractivity contribution in [2.24, 2.45) is 0 Å². The van der Waals surface area contributed by atoms with E-state index in [9.17, 15) is 0 Å². The Hall–Kier alpha value is -2.06. The van der Waals surface area contributed by atoms with Gasteiger partial charge in [-0.1, -0.05) is 56.7 Å². The molecule has 1 aliphatic rings. The summed E-state index contributed by atoms with van der Waals surface area (Å²) < 4.78 is 0. The quantitative estimate of drug-likeness (QED) is 0.620. The van der Waals surface area contributed by atoms with Gasteiger partial charge in [0.05, 0.1) is 6.04 Å². The summed E-state index contributed by atoms with van der Waals surface area (Å²) in [6, 6.07) is 14.0. The molecule has 1 aliphatic heterocycles. The van der Waals surface area contributed by atoms with Gasteiger partial charge in [-0.2, -0.15) is 0 Å². The minimum absolute atomic E-state index is 0.194. The summed E-state index contributed by atoms with van der Waals surface area (Å²) >= 11 is 0. The first-order valence-electron chi connectivity index (χ1n) is 9.30. The average molecular weight is 332 g/mol. The molecule has 3 aromatic rings. The number of aromatic nitrogens is 1. The number of nitrogens with one attached hydrogen (secondary N) is 2. The van der Waals surface area contributed by atoms with E-state index >= 15 is 0 Å². The molecule has 0 amide bonds. The maximum Gasteiger partial charge on any atom is 0.0732 e. The van der Waals surface area contributed by atoms with Crippen molar-refractivity contribution < 1.29 is 0 Å². The summed E-state index contributed by atoms with van der Waals surface area (Å²) in [6.07, 6.45) is 1.09. The Morgan fingerprint density at radius 1 is 1.00 bits per heavy atom. The van der Waals surface area contributed by atoms with Crippen LogP contribution in [0.4, 0.5) is 0 Å². The maximum absolute atomic E-state index is 3.74. The van der Waals surface area contributed by atoms with Gasteiger partial charge in [0, 0.05) is 23.1 Å². The first kappa shape index (κ1) is 16.4. The van der Waals surface area contributed by atoms with Crippen LogP contribution in [0.15, 0.2) is 36.4 Å². The highest BCUT2D eigenvalue weighted by Crippen LogP contribution is 2.35. The van der Waals surface area contributed by atoms with Crippen molar-refractivity contribution in [2.45, 2.75) is 52.5 Å². The van der Waals surface area contributed by atoms with Gasteiger partial charge in [0.25, 0.3) is 0 Å². The summed E-state index contributed by atoms with van der Waals surface area (Å²) in [6.45, 7) is 12.2. The minimum Gasteiger partial charge on any atom is -0.356 e. The Balaban J connectivity index is 1.81. The lowest BCUT2D eigenvalue weighted by molar-refractivity contribution is 0.557. The number of hydrogen-bond donors (Lipinski definition) is 2. The van der Waals surface area contributed by atoms with E-state index < -0.39 is 0 Å². The third-order valence-electron chi connectivity index (χ3n) is 5.51. The average Bonchev–Trinajstić information content (AvgIpc) is 2.93. The highest BCUT2D eigenvalue weighted by atomic mass is 15.0. The number of aromatic amines is 1. The molecule has 0 bridgehead atoms. The number of aryl methyl sites for hydroxylation is 2. The molecular weight excluding hydrogens is 304 g/mol. The second-order valence-corrected chi connectivity index (χ2v) is 8.53. The summed E-state index contributed by atoms with van der Waals surface area (Å²) in [5.74, 6) is 0. The SMILES string of the molecule is Cc1cc(C)c2[nH]c3c(c2c1)CCNC3c1ccc(C(C)(C)C)cc1. The number of rotatable bonds is 1. The molecule has 1 aromatic heterocycles. The third-order valence-corrected chi connectivity index (χ3v) is 5.51. The molecule has 2 aromatic carbocycles. The molecule has 0 saturated carbocycles. The summed E-state index contributed by atoms with van der Waals surface area (Å²) in [4.78, 5) is 3.74. The van der Waals surface area contributed by atoms with Gasteiger partial charge in [0.1, 0.15) is 0 Å². The first-order chi connectivity index (χ1) is 11.8. The van der Waals surface area contributed by atoms with Crippen LogP contribution < -0.4 is 5.32 Å². The predicted octanol–water partition coefficient (Wildman–Crippen LogP) is 5.32. The molecular formula is C23H28N2. The van der Waals surface area contributed by atoms with E-state index in [1.807, 2.05) is 0 Å². The standard InChI is InChI=1S/C23H28N2/c1-14-12-15(2)20-19(13-14)18-10-11-24-21(22(18)25-20)16-6-8-17(9-7-16)23(3,4)5/h6-9,12-13,21,24-25H,10-11H2,1-5H3. The molecule has 130 valence electrons. The second-order valence-electron chi connectivity index (χ2n) is 8.53. The largest absolute Gasteiger partial charge is 0.356 e. The first-order valence-corrected chi connectivity index (χ1v) is 9.30.